The van der Waals surface area contributed by atoms with Crippen molar-refractivity contribution < 1.29 is 4.79 Å². The van der Waals surface area contributed by atoms with Crippen LogP contribution in [-0.4, -0.2) is 44.0 Å². The molecule has 0 radical (unpaired) electrons. The van der Waals surface area contributed by atoms with Gasteiger partial charge in [0.25, 0.3) is 0 Å². The summed E-state index contributed by atoms with van der Waals surface area (Å²) < 4.78 is 0. The van der Waals surface area contributed by atoms with Crippen LogP contribution in [0.25, 0.3) is 0 Å². The maximum atomic E-state index is 11.9. The van der Waals surface area contributed by atoms with Gasteiger partial charge in [-0.3, -0.25) is 9.69 Å². The molecule has 0 saturated carbocycles. The van der Waals surface area contributed by atoms with Crippen LogP contribution >= 0.6 is 12.4 Å². The summed E-state index contributed by atoms with van der Waals surface area (Å²) in [5, 5.41) is 6.30. The predicted molar refractivity (Wildman–Crippen MR) is 90.0 cm³/mol. The number of carbonyl (C=O) groups excluding carboxylic acids is 1. The van der Waals surface area contributed by atoms with E-state index in [1.807, 2.05) is 37.4 Å². The molecule has 5 heteroatoms. The van der Waals surface area contributed by atoms with Gasteiger partial charge in [0.2, 0.25) is 5.91 Å². The fraction of sp³-hybridized carbons (Fsp3) is 0.562. The van der Waals surface area contributed by atoms with E-state index in [0.29, 0.717) is 6.54 Å². The van der Waals surface area contributed by atoms with Gasteiger partial charge in [-0.2, -0.15) is 0 Å². The van der Waals surface area contributed by atoms with Crippen molar-refractivity contribution in [3.8, 4) is 0 Å². The molecule has 4 nitrogen and oxygen atoms in total. The minimum Gasteiger partial charge on any atom is -0.325 e. The highest BCUT2D eigenvalue weighted by atomic mass is 35.5. The molecule has 1 saturated heterocycles. The zero-order valence-corrected chi connectivity index (χ0v) is 13.5. The van der Waals surface area contributed by atoms with Crippen LogP contribution < -0.4 is 10.6 Å². The highest BCUT2D eigenvalue weighted by Gasteiger charge is 2.14. The molecule has 0 unspecified atom stereocenters. The number of hydrogen-bond acceptors (Lipinski definition) is 3. The normalized spacial score (nSPS) is 15.5. The Morgan fingerprint density at radius 3 is 2.62 bits per heavy atom. The number of hydrogen-bond donors (Lipinski definition) is 2. The van der Waals surface area contributed by atoms with Crippen LogP contribution in [0.15, 0.2) is 30.3 Å². The molecule has 21 heavy (non-hydrogen) atoms. The van der Waals surface area contributed by atoms with E-state index in [-0.39, 0.29) is 18.3 Å². The lowest BCUT2D eigenvalue weighted by Crippen LogP contribution is -2.33. The van der Waals surface area contributed by atoms with Crippen LogP contribution in [0.5, 0.6) is 0 Å². The summed E-state index contributed by atoms with van der Waals surface area (Å²) in [6.45, 7) is 3.73. The minimum absolute atomic E-state index is 0. The first-order valence-corrected chi connectivity index (χ1v) is 7.48. The lowest BCUT2D eigenvalue weighted by Gasteiger charge is -2.25. The molecule has 0 aliphatic carbocycles. The van der Waals surface area contributed by atoms with Crippen molar-refractivity contribution in [1.82, 2.24) is 10.2 Å². The van der Waals surface area contributed by atoms with Crippen LogP contribution in [0.3, 0.4) is 0 Å². The first-order chi connectivity index (χ1) is 9.74. The molecule has 0 aromatic heterocycles. The van der Waals surface area contributed by atoms with Crippen LogP contribution in [0.4, 0.5) is 5.69 Å². The Labute approximate surface area is 133 Å². The number of nitrogens with zero attached hydrogens (tertiary/aromatic N) is 1. The molecule has 0 spiro atoms. The van der Waals surface area contributed by atoms with E-state index in [1.54, 1.807) is 0 Å². The Bertz CT molecular complexity index is 407. The van der Waals surface area contributed by atoms with Crippen LogP contribution in [0, 0.1) is 5.92 Å². The minimum atomic E-state index is 0. The van der Waals surface area contributed by atoms with Gasteiger partial charge in [-0.1, -0.05) is 18.2 Å². The fourth-order valence-corrected chi connectivity index (χ4v) is 2.62. The molecule has 2 rings (SSSR count). The van der Waals surface area contributed by atoms with Crippen molar-refractivity contribution in [3.05, 3.63) is 30.3 Å². The van der Waals surface area contributed by atoms with Gasteiger partial charge >= 0.3 is 0 Å². The van der Waals surface area contributed by atoms with Crippen molar-refractivity contribution >= 4 is 24.0 Å². The third-order valence-corrected chi connectivity index (χ3v) is 3.85. The number of piperidine rings is 1. The molecule has 1 aliphatic heterocycles. The smallest absolute Gasteiger partial charge is 0.238 e. The van der Waals surface area contributed by atoms with Gasteiger partial charge in [-0.15, -0.1) is 12.4 Å². The second kappa shape index (κ2) is 9.77. The van der Waals surface area contributed by atoms with Gasteiger partial charge in [-0.25, -0.2) is 0 Å². The second-order valence-corrected chi connectivity index (χ2v) is 5.63. The van der Waals surface area contributed by atoms with Gasteiger partial charge in [-0.05, 0) is 64.0 Å². The van der Waals surface area contributed by atoms with Crippen LogP contribution in [0.1, 0.15) is 19.3 Å². The molecule has 2 N–H and O–H groups in total. The quantitative estimate of drug-likeness (QED) is 0.848. The number of halogens is 1. The lowest BCUT2D eigenvalue weighted by molar-refractivity contribution is -0.117. The van der Waals surface area contributed by atoms with Gasteiger partial charge in [0, 0.05) is 5.69 Å². The average Bonchev–Trinajstić information content (AvgIpc) is 2.47. The van der Waals surface area contributed by atoms with Gasteiger partial charge in [0.05, 0.1) is 6.54 Å². The molecule has 1 heterocycles. The summed E-state index contributed by atoms with van der Waals surface area (Å²) in [4.78, 5) is 14.0. The standard InChI is InChI=1S/C16H25N3O.ClH/c1-19(12-9-14-7-10-17-11-8-14)13-16(20)18-15-5-3-2-4-6-15;/h2-6,14,17H,7-13H2,1H3,(H,18,20);1H. The van der Waals surface area contributed by atoms with E-state index in [0.717, 1.165) is 31.2 Å². The number of amides is 1. The first-order valence-electron chi connectivity index (χ1n) is 7.48. The van der Waals surface area contributed by atoms with Gasteiger partial charge < -0.3 is 10.6 Å². The number of benzene rings is 1. The number of anilines is 1. The zero-order valence-electron chi connectivity index (χ0n) is 12.7. The van der Waals surface area contributed by atoms with Crippen molar-refractivity contribution in [2.24, 2.45) is 5.92 Å². The monoisotopic (exact) mass is 311 g/mol. The topological polar surface area (TPSA) is 44.4 Å². The number of carbonyl (C=O) groups is 1. The summed E-state index contributed by atoms with van der Waals surface area (Å²) >= 11 is 0. The summed E-state index contributed by atoms with van der Waals surface area (Å²) in [7, 11) is 2.02. The van der Waals surface area contributed by atoms with Crippen molar-refractivity contribution in [1.29, 1.82) is 0 Å². The third-order valence-electron chi connectivity index (χ3n) is 3.85. The van der Waals surface area contributed by atoms with Gasteiger partial charge in [0.1, 0.15) is 0 Å². The summed E-state index contributed by atoms with van der Waals surface area (Å²) in [5.41, 5.74) is 0.865. The zero-order chi connectivity index (χ0) is 14.2. The SMILES string of the molecule is CN(CCC1CCNCC1)CC(=O)Nc1ccccc1.Cl. The van der Waals surface area contributed by atoms with E-state index in [1.165, 1.54) is 19.3 Å². The van der Waals surface area contributed by atoms with E-state index in [9.17, 15) is 4.79 Å². The first kappa shape index (κ1) is 18.0. The van der Waals surface area contributed by atoms with Crippen molar-refractivity contribution in [2.75, 3.05) is 38.5 Å². The van der Waals surface area contributed by atoms with E-state index >= 15 is 0 Å². The predicted octanol–water partition coefficient (Wildman–Crippen LogP) is 2.37. The fourth-order valence-electron chi connectivity index (χ4n) is 2.62. The number of likely N-dealkylation sites (N-methyl/N-ethyl adjacent to an activating group) is 1. The van der Waals surface area contributed by atoms with Crippen LogP contribution in [0.2, 0.25) is 0 Å². The Balaban J connectivity index is 0.00000220. The molecule has 118 valence electrons. The molecule has 1 aromatic rings. The third kappa shape index (κ3) is 6.93. The molecular weight excluding hydrogens is 286 g/mol. The van der Waals surface area contributed by atoms with E-state index in [4.69, 9.17) is 0 Å². The van der Waals surface area contributed by atoms with Crippen molar-refractivity contribution in [3.63, 3.8) is 0 Å². The Morgan fingerprint density at radius 1 is 1.29 bits per heavy atom. The number of nitrogens with one attached hydrogen (secondary N) is 2. The largest absolute Gasteiger partial charge is 0.325 e. The van der Waals surface area contributed by atoms with E-state index in [2.05, 4.69) is 15.5 Å². The molecule has 1 aliphatic rings. The highest BCUT2D eigenvalue weighted by Crippen LogP contribution is 2.15. The van der Waals surface area contributed by atoms with Crippen molar-refractivity contribution in [2.45, 2.75) is 19.3 Å². The number of rotatable bonds is 6. The second-order valence-electron chi connectivity index (χ2n) is 5.63. The summed E-state index contributed by atoms with van der Waals surface area (Å²) in [5.74, 6) is 0.875. The highest BCUT2D eigenvalue weighted by molar-refractivity contribution is 5.92. The summed E-state index contributed by atoms with van der Waals surface area (Å²) in [6, 6.07) is 9.62. The molecule has 1 aromatic carbocycles. The average molecular weight is 312 g/mol. The Morgan fingerprint density at radius 2 is 1.95 bits per heavy atom. The molecule has 0 bridgehead atoms. The Kier molecular flexibility index (Phi) is 8.35. The Hall–Kier alpha value is -1.10. The maximum Gasteiger partial charge on any atom is 0.238 e. The van der Waals surface area contributed by atoms with Crippen LogP contribution in [-0.2, 0) is 4.79 Å². The molecule has 1 fully saturated rings. The molecular formula is C16H26ClN3O. The summed E-state index contributed by atoms with van der Waals surface area (Å²) in [6.07, 6.45) is 3.73. The molecule has 1 amide bonds. The van der Waals surface area contributed by atoms with Gasteiger partial charge in [0.15, 0.2) is 0 Å². The van der Waals surface area contributed by atoms with E-state index < -0.39 is 0 Å². The molecule has 0 atom stereocenters. The lowest BCUT2D eigenvalue weighted by atomic mass is 9.94. The number of para-hydroxylation sites is 1. The maximum absolute atomic E-state index is 11.9.